The van der Waals surface area contributed by atoms with Crippen LogP contribution in [0.2, 0.25) is 0 Å². The van der Waals surface area contributed by atoms with Gasteiger partial charge >= 0.3 is 5.97 Å². The SMILES string of the molecule is C[C@@](N)(C(=O)O)c1ccc(C=O)cn1. The molecule has 0 unspecified atom stereocenters. The van der Waals surface area contributed by atoms with Crippen molar-refractivity contribution in [1.29, 1.82) is 0 Å². The second-order valence-corrected chi connectivity index (χ2v) is 3.10. The predicted molar refractivity (Wildman–Crippen MR) is 48.8 cm³/mol. The van der Waals surface area contributed by atoms with E-state index in [9.17, 15) is 9.59 Å². The average molecular weight is 194 g/mol. The molecule has 5 nitrogen and oxygen atoms in total. The molecular formula is C9H10N2O3. The van der Waals surface area contributed by atoms with E-state index < -0.39 is 11.5 Å². The van der Waals surface area contributed by atoms with Crippen LogP contribution in [0.5, 0.6) is 0 Å². The van der Waals surface area contributed by atoms with Gasteiger partial charge in [0, 0.05) is 11.8 Å². The number of carbonyl (C=O) groups is 2. The molecule has 1 aromatic rings. The Labute approximate surface area is 80.6 Å². The van der Waals surface area contributed by atoms with Gasteiger partial charge < -0.3 is 10.8 Å². The Bertz CT molecular complexity index is 357. The zero-order chi connectivity index (χ0) is 10.8. The van der Waals surface area contributed by atoms with Crippen molar-refractivity contribution < 1.29 is 14.7 Å². The summed E-state index contributed by atoms with van der Waals surface area (Å²) in [6, 6.07) is 2.90. The molecular weight excluding hydrogens is 184 g/mol. The third-order valence-corrected chi connectivity index (χ3v) is 1.90. The highest BCUT2D eigenvalue weighted by molar-refractivity contribution is 5.79. The molecule has 1 rings (SSSR count). The van der Waals surface area contributed by atoms with Crippen molar-refractivity contribution in [2.45, 2.75) is 12.5 Å². The van der Waals surface area contributed by atoms with Crippen LogP contribution in [0.1, 0.15) is 23.0 Å². The largest absolute Gasteiger partial charge is 0.480 e. The van der Waals surface area contributed by atoms with Gasteiger partial charge in [0.2, 0.25) is 0 Å². The quantitative estimate of drug-likeness (QED) is 0.668. The zero-order valence-electron chi connectivity index (χ0n) is 7.60. The molecule has 0 bridgehead atoms. The molecule has 0 aromatic carbocycles. The summed E-state index contributed by atoms with van der Waals surface area (Å²) in [6.45, 7) is 1.35. The molecule has 0 saturated heterocycles. The van der Waals surface area contributed by atoms with Crippen LogP contribution in [-0.4, -0.2) is 22.3 Å². The molecule has 0 aliphatic heterocycles. The molecule has 0 saturated carbocycles. The van der Waals surface area contributed by atoms with Gasteiger partial charge in [0.1, 0.15) is 0 Å². The summed E-state index contributed by atoms with van der Waals surface area (Å²) in [7, 11) is 0. The van der Waals surface area contributed by atoms with Crippen LogP contribution in [0.15, 0.2) is 18.3 Å². The number of carbonyl (C=O) groups excluding carboxylic acids is 1. The van der Waals surface area contributed by atoms with Crippen molar-refractivity contribution in [2.24, 2.45) is 5.73 Å². The highest BCUT2D eigenvalue weighted by atomic mass is 16.4. The minimum atomic E-state index is -1.53. The Hall–Kier alpha value is -1.75. The Morgan fingerprint density at radius 2 is 2.29 bits per heavy atom. The molecule has 0 amide bonds. The highest BCUT2D eigenvalue weighted by Gasteiger charge is 2.31. The first-order chi connectivity index (χ1) is 6.48. The molecule has 14 heavy (non-hydrogen) atoms. The van der Waals surface area contributed by atoms with E-state index in [2.05, 4.69) is 4.98 Å². The molecule has 1 atom stereocenters. The third-order valence-electron chi connectivity index (χ3n) is 1.90. The normalized spacial score (nSPS) is 14.4. The first kappa shape index (κ1) is 10.3. The fourth-order valence-electron chi connectivity index (χ4n) is 0.892. The summed E-state index contributed by atoms with van der Waals surface area (Å²) in [5.74, 6) is -1.16. The monoisotopic (exact) mass is 194 g/mol. The van der Waals surface area contributed by atoms with Gasteiger partial charge in [0.25, 0.3) is 0 Å². The average Bonchev–Trinajstić information content (AvgIpc) is 2.17. The Morgan fingerprint density at radius 3 is 2.64 bits per heavy atom. The molecule has 1 aromatic heterocycles. The Kier molecular flexibility index (Phi) is 2.62. The molecule has 3 N–H and O–H groups in total. The number of nitrogens with zero attached hydrogens (tertiary/aromatic N) is 1. The minimum absolute atomic E-state index is 0.218. The van der Waals surface area contributed by atoms with Crippen LogP contribution in [0.25, 0.3) is 0 Å². The van der Waals surface area contributed by atoms with E-state index in [0.29, 0.717) is 11.8 Å². The van der Waals surface area contributed by atoms with Crippen LogP contribution < -0.4 is 5.73 Å². The van der Waals surface area contributed by atoms with E-state index in [1.165, 1.54) is 25.3 Å². The Balaban J connectivity index is 3.08. The van der Waals surface area contributed by atoms with Crippen LogP contribution in [0.4, 0.5) is 0 Å². The summed E-state index contributed by atoms with van der Waals surface area (Å²) in [6.07, 6.45) is 1.92. The lowest BCUT2D eigenvalue weighted by atomic mass is 9.99. The van der Waals surface area contributed by atoms with Crippen molar-refractivity contribution in [2.75, 3.05) is 0 Å². The molecule has 0 radical (unpaired) electrons. The first-order valence-corrected chi connectivity index (χ1v) is 3.92. The summed E-state index contributed by atoms with van der Waals surface area (Å²) in [5.41, 5.74) is 4.60. The second kappa shape index (κ2) is 3.55. The van der Waals surface area contributed by atoms with E-state index in [-0.39, 0.29) is 5.69 Å². The van der Waals surface area contributed by atoms with E-state index >= 15 is 0 Å². The summed E-state index contributed by atoms with van der Waals surface area (Å²) >= 11 is 0. The first-order valence-electron chi connectivity index (χ1n) is 3.92. The van der Waals surface area contributed by atoms with Gasteiger partial charge in [0.15, 0.2) is 11.8 Å². The highest BCUT2D eigenvalue weighted by Crippen LogP contribution is 2.15. The number of aliphatic carboxylic acids is 1. The van der Waals surface area contributed by atoms with E-state index in [1.807, 2.05) is 0 Å². The number of hydrogen-bond acceptors (Lipinski definition) is 4. The van der Waals surface area contributed by atoms with Gasteiger partial charge in [-0.3, -0.25) is 9.78 Å². The van der Waals surface area contributed by atoms with E-state index in [4.69, 9.17) is 10.8 Å². The predicted octanol–water partition coefficient (Wildman–Crippen LogP) is 0.153. The Morgan fingerprint density at radius 1 is 1.64 bits per heavy atom. The third kappa shape index (κ3) is 1.77. The van der Waals surface area contributed by atoms with Crippen molar-refractivity contribution in [3.05, 3.63) is 29.6 Å². The summed E-state index contributed by atoms with van der Waals surface area (Å²) in [4.78, 5) is 24.9. The van der Waals surface area contributed by atoms with Gasteiger partial charge in [-0.15, -0.1) is 0 Å². The standard InChI is InChI=1S/C9H10N2O3/c1-9(10,8(13)14)7-3-2-6(5-12)4-11-7/h2-5H,10H2,1H3,(H,13,14)/t9-/m0/s1. The maximum absolute atomic E-state index is 10.7. The number of aldehydes is 1. The topological polar surface area (TPSA) is 93.3 Å². The lowest BCUT2D eigenvalue weighted by Gasteiger charge is -2.17. The molecule has 0 aliphatic rings. The fourth-order valence-corrected chi connectivity index (χ4v) is 0.892. The van der Waals surface area contributed by atoms with Crippen LogP contribution in [0.3, 0.4) is 0 Å². The van der Waals surface area contributed by atoms with Crippen molar-refractivity contribution in [3.8, 4) is 0 Å². The number of aromatic nitrogens is 1. The van der Waals surface area contributed by atoms with Crippen LogP contribution >= 0.6 is 0 Å². The van der Waals surface area contributed by atoms with Crippen molar-refractivity contribution in [3.63, 3.8) is 0 Å². The summed E-state index contributed by atoms with van der Waals surface area (Å²) in [5, 5.41) is 8.79. The molecule has 1 heterocycles. The number of hydrogen-bond donors (Lipinski definition) is 2. The maximum Gasteiger partial charge on any atom is 0.329 e. The molecule has 5 heteroatoms. The number of nitrogens with two attached hydrogens (primary N) is 1. The second-order valence-electron chi connectivity index (χ2n) is 3.10. The molecule has 0 spiro atoms. The number of carboxylic acids is 1. The van der Waals surface area contributed by atoms with Gasteiger partial charge in [-0.1, -0.05) is 0 Å². The summed E-state index contributed by atoms with van der Waals surface area (Å²) < 4.78 is 0. The molecule has 0 aliphatic carbocycles. The number of pyridine rings is 1. The van der Waals surface area contributed by atoms with Crippen LogP contribution in [0, 0.1) is 0 Å². The minimum Gasteiger partial charge on any atom is -0.480 e. The van der Waals surface area contributed by atoms with Gasteiger partial charge in [0.05, 0.1) is 5.69 Å². The fraction of sp³-hybridized carbons (Fsp3) is 0.222. The lowest BCUT2D eigenvalue weighted by Crippen LogP contribution is -2.42. The van der Waals surface area contributed by atoms with Gasteiger partial charge in [-0.05, 0) is 19.1 Å². The molecule has 0 fully saturated rings. The van der Waals surface area contributed by atoms with Gasteiger partial charge in [-0.2, -0.15) is 0 Å². The van der Waals surface area contributed by atoms with E-state index in [0.717, 1.165) is 0 Å². The van der Waals surface area contributed by atoms with E-state index in [1.54, 1.807) is 0 Å². The van der Waals surface area contributed by atoms with Crippen LogP contribution in [-0.2, 0) is 10.3 Å². The smallest absolute Gasteiger partial charge is 0.329 e. The number of rotatable bonds is 3. The van der Waals surface area contributed by atoms with Gasteiger partial charge in [-0.25, -0.2) is 4.79 Å². The molecule has 74 valence electrons. The van der Waals surface area contributed by atoms with Crippen molar-refractivity contribution >= 4 is 12.3 Å². The maximum atomic E-state index is 10.7. The zero-order valence-corrected chi connectivity index (χ0v) is 7.60. The lowest BCUT2D eigenvalue weighted by molar-refractivity contribution is -0.143. The van der Waals surface area contributed by atoms with Crippen molar-refractivity contribution in [1.82, 2.24) is 4.98 Å². The number of carboxylic acid groups (broad SMARTS) is 1.